The lowest BCUT2D eigenvalue weighted by molar-refractivity contribution is -0.137. The molecular formula is C19H21N3O2. The zero-order chi connectivity index (χ0) is 16.7. The molecule has 1 aliphatic heterocycles. The van der Waals surface area contributed by atoms with Crippen LogP contribution >= 0.6 is 0 Å². The highest BCUT2D eigenvalue weighted by atomic mass is 16.2. The first-order valence-corrected chi connectivity index (χ1v) is 8.61. The molecule has 2 heterocycles. The summed E-state index contributed by atoms with van der Waals surface area (Å²) in [5.74, 6) is 0.206. The maximum atomic E-state index is 12.8. The Labute approximate surface area is 141 Å². The standard InChI is InChI=1S/C19H21N3O2/c1-12-7-8-13-4-2-5-15(17(13)20-12)21-18(23)16-6-3-11-22(16)19(24)14-9-10-14/h2,4-5,7-8,14,16H,3,6,9-11H2,1H3,(H,21,23)/t16-/m0/s1. The van der Waals surface area contributed by atoms with Gasteiger partial charge in [-0.25, -0.2) is 0 Å². The molecule has 2 aromatic rings. The van der Waals surface area contributed by atoms with Gasteiger partial charge in [0.2, 0.25) is 11.8 Å². The zero-order valence-corrected chi connectivity index (χ0v) is 13.8. The Balaban J connectivity index is 1.57. The molecule has 1 saturated heterocycles. The Morgan fingerprint density at radius 1 is 1.17 bits per heavy atom. The second-order valence-electron chi connectivity index (χ2n) is 6.78. The number of nitrogens with zero attached hydrogens (tertiary/aromatic N) is 2. The molecule has 5 heteroatoms. The molecule has 0 unspecified atom stereocenters. The Morgan fingerprint density at radius 3 is 2.79 bits per heavy atom. The predicted molar refractivity (Wildman–Crippen MR) is 92.6 cm³/mol. The normalized spacial score (nSPS) is 20.4. The lowest BCUT2D eigenvalue weighted by Gasteiger charge is -2.24. The van der Waals surface area contributed by atoms with E-state index in [1.807, 2.05) is 37.3 Å². The highest BCUT2D eigenvalue weighted by molar-refractivity contribution is 6.03. The van der Waals surface area contributed by atoms with Gasteiger partial charge in [0.15, 0.2) is 0 Å². The number of likely N-dealkylation sites (tertiary alicyclic amines) is 1. The quantitative estimate of drug-likeness (QED) is 0.945. The van der Waals surface area contributed by atoms with Gasteiger partial charge in [0.05, 0.1) is 11.2 Å². The highest BCUT2D eigenvalue weighted by Gasteiger charge is 2.40. The fourth-order valence-corrected chi connectivity index (χ4v) is 3.43. The van der Waals surface area contributed by atoms with Gasteiger partial charge in [-0.3, -0.25) is 14.6 Å². The molecule has 1 aliphatic carbocycles. The number of fused-ring (bicyclic) bond motifs is 1. The van der Waals surface area contributed by atoms with Crippen molar-refractivity contribution >= 4 is 28.4 Å². The number of nitrogens with one attached hydrogen (secondary N) is 1. The van der Waals surface area contributed by atoms with E-state index in [1.165, 1.54) is 0 Å². The molecule has 124 valence electrons. The predicted octanol–water partition coefficient (Wildman–Crippen LogP) is 2.88. The first-order chi connectivity index (χ1) is 11.6. The molecule has 1 N–H and O–H groups in total. The van der Waals surface area contributed by atoms with Crippen molar-refractivity contribution in [1.29, 1.82) is 0 Å². The summed E-state index contributed by atoms with van der Waals surface area (Å²) in [5.41, 5.74) is 2.42. The summed E-state index contributed by atoms with van der Waals surface area (Å²) in [5, 5.41) is 4.00. The molecule has 0 bridgehead atoms. The van der Waals surface area contributed by atoms with Crippen LogP contribution in [0.3, 0.4) is 0 Å². The summed E-state index contributed by atoms with van der Waals surface area (Å²) < 4.78 is 0. The number of pyridine rings is 1. The van der Waals surface area contributed by atoms with Gasteiger partial charge < -0.3 is 10.2 Å². The smallest absolute Gasteiger partial charge is 0.247 e. The number of aromatic nitrogens is 1. The number of aryl methyl sites for hydroxylation is 1. The van der Waals surface area contributed by atoms with Crippen LogP contribution in [0.2, 0.25) is 0 Å². The van der Waals surface area contributed by atoms with E-state index in [-0.39, 0.29) is 23.8 Å². The number of rotatable bonds is 3. The second-order valence-corrected chi connectivity index (χ2v) is 6.78. The van der Waals surface area contributed by atoms with Crippen LogP contribution < -0.4 is 5.32 Å². The molecule has 24 heavy (non-hydrogen) atoms. The van der Waals surface area contributed by atoms with E-state index in [0.29, 0.717) is 12.2 Å². The van der Waals surface area contributed by atoms with Gasteiger partial charge in [-0.05, 0) is 44.7 Å². The van der Waals surface area contributed by atoms with Gasteiger partial charge in [-0.15, -0.1) is 0 Å². The molecule has 1 saturated carbocycles. The molecule has 1 atom stereocenters. The Morgan fingerprint density at radius 2 is 2.00 bits per heavy atom. The third kappa shape index (κ3) is 2.75. The van der Waals surface area contributed by atoms with Crippen molar-refractivity contribution < 1.29 is 9.59 Å². The summed E-state index contributed by atoms with van der Waals surface area (Å²) in [6.45, 7) is 2.63. The number of carbonyl (C=O) groups excluding carboxylic acids is 2. The van der Waals surface area contributed by atoms with Crippen LogP contribution in [-0.4, -0.2) is 34.3 Å². The highest BCUT2D eigenvalue weighted by Crippen LogP contribution is 2.34. The van der Waals surface area contributed by atoms with Gasteiger partial charge >= 0.3 is 0 Å². The van der Waals surface area contributed by atoms with E-state index in [9.17, 15) is 9.59 Å². The number of hydrogen-bond acceptors (Lipinski definition) is 3. The number of hydrogen-bond donors (Lipinski definition) is 1. The lowest BCUT2D eigenvalue weighted by Crippen LogP contribution is -2.43. The summed E-state index contributed by atoms with van der Waals surface area (Å²) in [6, 6.07) is 9.38. The van der Waals surface area contributed by atoms with Crippen LogP contribution in [0.1, 0.15) is 31.4 Å². The van der Waals surface area contributed by atoms with Crippen LogP contribution in [0.25, 0.3) is 10.9 Å². The SMILES string of the molecule is Cc1ccc2cccc(NC(=O)[C@@H]3CCCN3C(=O)C3CC3)c2n1. The van der Waals surface area contributed by atoms with Gasteiger partial charge in [0, 0.05) is 23.5 Å². The second kappa shape index (κ2) is 5.89. The monoisotopic (exact) mass is 323 g/mol. The van der Waals surface area contributed by atoms with E-state index in [2.05, 4.69) is 10.3 Å². The third-order valence-electron chi connectivity index (χ3n) is 4.88. The zero-order valence-electron chi connectivity index (χ0n) is 13.8. The van der Waals surface area contributed by atoms with E-state index in [1.54, 1.807) is 4.90 Å². The Hall–Kier alpha value is -2.43. The Kier molecular flexibility index (Phi) is 3.71. The van der Waals surface area contributed by atoms with E-state index in [4.69, 9.17) is 0 Å². The van der Waals surface area contributed by atoms with Crippen LogP contribution in [0.4, 0.5) is 5.69 Å². The topological polar surface area (TPSA) is 62.3 Å². The van der Waals surface area contributed by atoms with E-state index < -0.39 is 0 Å². The average molecular weight is 323 g/mol. The molecule has 1 aromatic heterocycles. The Bertz CT molecular complexity index is 813. The fourth-order valence-electron chi connectivity index (χ4n) is 3.43. The number of para-hydroxylation sites is 1. The number of carbonyl (C=O) groups is 2. The third-order valence-corrected chi connectivity index (χ3v) is 4.88. The van der Waals surface area contributed by atoms with Crippen molar-refractivity contribution in [3.8, 4) is 0 Å². The summed E-state index contributed by atoms with van der Waals surface area (Å²) in [7, 11) is 0. The molecule has 4 rings (SSSR count). The van der Waals surface area contributed by atoms with Crippen LogP contribution in [0.5, 0.6) is 0 Å². The molecule has 2 aliphatic rings. The summed E-state index contributed by atoms with van der Waals surface area (Å²) in [4.78, 5) is 31.5. The minimum Gasteiger partial charge on any atom is -0.330 e. The fraction of sp³-hybridized carbons (Fsp3) is 0.421. The number of amides is 2. The van der Waals surface area contributed by atoms with Crippen molar-refractivity contribution in [1.82, 2.24) is 9.88 Å². The number of anilines is 1. The van der Waals surface area contributed by atoms with Crippen LogP contribution in [0.15, 0.2) is 30.3 Å². The molecule has 1 aromatic carbocycles. The largest absolute Gasteiger partial charge is 0.330 e. The van der Waals surface area contributed by atoms with Crippen molar-refractivity contribution in [3.63, 3.8) is 0 Å². The van der Waals surface area contributed by atoms with Crippen molar-refractivity contribution in [2.24, 2.45) is 5.92 Å². The van der Waals surface area contributed by atoms with Gasteiger partial charge in [-0.2, -0.15) is 0 Å². The van der Waals surface area contributed by atoms with Crippen molar-refractivity contribution in [2.45, 2.75) is 38.6 Å². The van der Waals surface area contributed by atoms with Crippen LogP contribution in [-0.2, 0) is 9.59 Å². The average Bonchev–Trinajstić information content (AvgIpc) is 3.31. The number of benzene rings is 1. The molecular weight excluding hydrogens is 302 g/mol. The molecule has 0 spiro atoms. The molecule has 2 fully saturated rings. The van der Waals surface area contributed by atoms with Crippen molar-refractivity contribution in [2.75, 3.05) is 11.9 Å². The van der Waals surface area contributed by atoms with Gasteiger partial charge in [0.25, 0.3) is 0 Å². The summed E-state index contributed by atoms with van der Waals surface area (Å²) >= 11 is 0. The van der Waals surface area contributed by atoms with Crippen molar-refractivity contribution in [3.05, 3.63) is 36.0 Å². The minimum atomic E-state index is -0.349. The first kappa shape index (κ1) is 15.1. The van der Waals surface area contributed by atoms with Gasteiger partial charge in [-0.1, -0.05) is 18.2 Å². The first-order valence-electron chi connectivity index (χ1n) is 8.61. The molecule has 0 radical (unpaired) electrons. The molecule has 2 amide bonds. The molecule has 5 nitrogen and oxygen atoms in total. The van der Waals surface area contributed by atoms with E-state index in [0.717, 1.165) is 42.3 Å². The van der Waals surface area contributed by atoms with Crippen LogP contribution in [0, 0.1) is 12.8 Å². The maximum Gasteiger partial charge on any atom is 0.247 e. The van der Waals surface area contributed by atoms with E-state index >= 15 is 0 Å². The maximum absolute atomic E-state index is 12.8. The summed E-state index contributed by atoms with van der Waals surface area (Å²) in [6.07, 6.45) is 3.57. The lowest BCUT2D eigenvalue weighted by atomic mass is 10.1. The minimum absolute atomic E-state index is 0.0997. The van der Waals surface area contributed by atoms with Gasteiger partial charge in [0.1, 0.15) is 6.04 Å².